The van der Waals surface area contributed by atoms with Gasteiger partial charge in [0.1, 0.15) is 17.4 Å². The first kappa shape index (κ1) is 20.0. The van der Waals surface area contributed by atoms with Crippen LogP contribution in [0.5, 0.6) is 5.75 Å². The summed E-state index contributed by atoms with van der Waals surface area (Å²) in [5, 5.41) is 12.2. The molecule has 0 aliphatic rings. The largest absolute Gasteiger partial charge is 0.491 e. The summed E-state index contributed by atoms with van der Waals surface area (Å²) in [7, 11) is 1.54. The molecule has 0 saturated carbocycles. The van der Waals surface area contributed by atoms with E-state index in [1.165, 1.54) is 7.11 Å². The third kappa shape index (κ3) is 5.54. The summed E-state index contributed by atoms with van der Waals surface area (Å²) in [6, 6.07) is 7.18. The van der Waals surface area contributed by atoms with Gasteiger partial charge in [0, 0.05) is 13.2 Å². The van der Waals surface area contributed by atoms with E-state index in [1.807, 2.05) is 13.8 Å². The maximum Gasteiger partial charge on any atom is 0.256 e. The first-order chi connectivity index (χ1) is 11.4. The highest BCUT2D eigenvalue weighted by atomic mass is 16.5. The molecule has 0 heterocycles. The van der Waals surface area contributed by atoms with E-state index < -0.39 is 5.60 Å². The van der Waals surface area contributed by atoms with Crippen molar-refractivity contribution in [1.29, 1.82) is 5.26 Å². The summed E-state index contributed by atoms with van der Waals surface area (Å²) in [6.07, 6.45) is 3.71. The number of rotatable bonds is 9. The van der Waals surface area contributed by atoms with Crippen molar-refractivity contribution in [1.82, 2.24) is 0 Å². The molecule has 0 radical (unpaired) electrons. The number of carbonyl (C=O) groups excluding carboxylic acids is 1. The highest BCUT2D eigenvalue weighted by molar-refractivity contribution is 5.98. The molecule has 0 saturated heterocycles. The highest BCUT2D eigenvalue weighted by Crippen LogP contribution is 2.25. The lowest BCUT2D eigenvalue weighted by Crippen LogP contribution is -2.42. The van der Waals surface area contributed by atoms with Gasteiger partial charge in [-0.15, -0.1) is 0 Å². The molecule has 1 amide bonds. The SMILES string of the molecule is CCCCC[C@](C)(OC)C(=O)Nc1ccc(OC(C)C)cc1C#N. The number of ether oxygens (including phenoxy) is 2. The van der Waals surface area contributed by atoms with Crippen LogP contribution in [-0.2, 0) is 9.53 Å². The van der Waals surface area contributed by atoms with Crippen LogP contribution in [0.4, 0.5) is 5.69 Å². The minimum Gasteiger partial charge on any atom is -0.491 e. The third-order valence-corrected chi connectivity index (χ3v) is 3.92. The lowest BCUT2D eigenvalue weighted by atomic mass is 9.96. The van der Waals surface area contributed by atoms with E-state index in [-0.39, 0.29) is 12.0 Å². The Kier molecular flexibility index (Phi) is 7.73. The average molecular weight is 332 g/mol. The van der Waals surface area contributed by atoms with Crippen molar-refractivity contribution in [2.24, 2.45) is 0 Å². The minimum atomic E-state index is -0.908. The lowest BCUT2D eigenvalue weighted by Gasteiger charge is -2.27. The van der Waals surface area contributed by atoms with Crippen LogP contribution in [-0.4, -0.2) is 24.7 Å². The maximum absolute atomic E-state index is 12.6. The van der Waals surface area contributed by atoms with Crippen LogP contribution >= 0.6 is 0 Å². The van der Waals surface area contributed by atoms with Crippen molar-refractivity contribution >= 4 is 11.6 Å². The number of hydrogen-bond acceptors (Lipinski definition) is 4. The fourth-order valence-corrected chi connectivity index (χ4v) is 2.35. The van der Waals surface area contributed by atoms with E-state index in [0.717, 1.165) is 19.3 Å². The number of unbranched alkanes of at least 4 members (excludes halogenated alkanes) is 2. The molecule has 1 aromatic rings. The maximum atomic E-state index is 12.6. The van der Waals surface area contributed by atoms with Crippen LogP contribution in [0.2, 0.25) is 0 Å². The average Bonchev–Trinajstić information content (AvgIpc) is 2.55. The van der Waals surface area contributed by atoms with Crippen molar-refractivity contribution < 1.29 is 14.3 Å². The second-order valence-electron chi connectivity index (χ2n) is 6.33. The van der Waals surface area contributed by atoms with Crippen LogP contribution in [0, 0.1) is 11.3 Å². The molecular weight excluding hydrogens is 304 g/mol. The Morgan fingerprint density at radius 3 is 2.62 bits per heavy atom. The predicted molar refractivity (Wildman–Crippen MR) is 95.1 cm³/mol. The summed E-state index contributed by atoms with van der Waals surface area (Å²) in [5.41, 5.74) is -0.0690. The first-order valence-electron chi connectivity index (χ1n) is 8.43. The fourth-order valence-electron chi connectivity index (χ4n) is 2.35. The number of benzene rings is 1. The van der Waals surface area contributed by atoms with Crippen molar-refractivity contribution in [3.63, 3.8) is 0 Å². The Bertz CT molecular complexity index is 593. The quantitative estimate of drug-likeness (QED) is 0.686. The van der Waals surface area contributed by atoms with E-state index in [2.05, 4.69) is 18.3 Å². The van der Waals surface area contributed by atoms with E-state index in [9.17, 15) is 10.1 Å². The molecule has 5 heteroatoms. The van der Waals surface area contributed by atoms with Gasteiger partial charge >= 0.3 is 0 Å². The van der Waals surface area contributed by atoms with Crippen LogP contribution < -0.4 is 10.1 Å². The Balaban J connectivity index is 2.90. The van der Waals surface area contributed by atoms with Crippen molar-refractivity contribution in [2.75, 3.05) is 12.4 Å². The van der Waals surface area contributed by atoms with Gasteiger partial charge in [-0.2, -0.15) is 5.26 Å². The molecule has 0 bridgehead atoms. The Labute approximate surface area is 145 Å². The van der Waals surface area contributed by atoms with Crippen molar-refractivity contribution in [3.8, 4) is 11.8 Å². The number of carbonyl (C=O) groups is 1. The van der Waals surface area contributed by atoms with Gasteiger partial charge in [-0.05, 0) is 39.3 Å². The summed E-state index contributed by atoms with van der Waals surface area (Å²) < 4.78 is 11.0. The van der Waals surface area contributed by atoms with Gasteiger partial charge in [0.15, 0.2) is 0 Å². The standard InChI is InChI=1S/C19H28N2O3/c1-6-7-8-11-19(4,23-5)18(22)21-17-10-9-16(24-14(2)3)12-15(17)13-20/h9-10,12,14H,6-8,11H2,1-5H3,(H,21,22)/t19-/m0/s1. The molecule has 24 heavy (non-hydrogen) atoms. The molecule has 1 rings (SSSR count). The van der Waals surface area contributed by atoms with Crippen LogP contribution in [0.1, 0.15) is 58.9 Å². The van der Waals surface area contributed by atoms with Gasteiger partial charge in [0.25, 0.3) is 5.91 Å². The van der Waals surface area contributed by atoms with E-state index in [1.54, 1.807) is 25.1 Å². The van der Waals surface area contributed by atoms with Crippen LogP contribution in [0.15, 0.2) is 18.2 Å². The minimum absolute atomic E-state index is 0.0207. The monoisotopic (exact) mass is 332 g/mol. The molecule has 0 aliphatic carbocycles. The van der Waals surface area contributed by atoms with Crippen molar-refractivity contribution in [3.05, 3.63) is 23.8 Å². The number of anilines is 1. The molecular formula is C19H28N2O3. The number of nitrogens with zero attached hydrogens (tertiary/aromatic N) is 1. The first-order valence-corrected chi connectivity index (χ1v) is 8.43. The number of nitrogens with one attached hydrogen (secondary N) is 1. The fraction of sp³-hybridized carbons (Fsp3) is 0.579. The molecule has 132 valence electrons. The molecule has 1 N–H and O–H groups in total. The molecule has 5 nitrogen and oxygen atoms in total. The second-order valence-corrected chi connectivity index (χ2v) is 6.33. The third-order valence-electron chi connectivity index (χ3n) is 3.92. The van der Waals surface area contributed by atoms with Gasteiger partial charge in [-0.3, -0.25) is 4.79 Å². The second kappa shape index (κ2) is 9.29. The van der Waals surface area contributed by atoms with E-state index in [4.69, 9.17) is 9.47 Å². The molecule has 1 aromatic carbocycles. The van der Waals surface area contributed by atoms with E-state index >= 15 is 0 Å². The highest BCUT2D eigenvalue weighted by Gasteiger charge is 2.32. The zero-order valence-corrected chi connectivity index (χ0v) is 15.3. The zero-order chi connectivity index (χ0) is 18.2. The number of methoxy groups -OCH3 is 1. The summed E-state index contributed by atoms with van der Waals surface area (Å²) in [5.74, 6) is 0.368. The lowest BCUT2D eigenvalue weighted by molar-refractivity contribution is -0.136. The number of amides is 1. The smallest absolute Gasteiger partial charge is 0.256 e. The van der Waals surface area contributed by atoms with Gasteiger partial charge < -0.3 is 14.8 Å². The van der Waals surface area contributed by atoms with Gasteiger partial charge in [-0.1, -0.05) is 26.2 Å². The zero-order valence-electron chi connectivity index (χ0n) is 15.3. The Morgan fingerprint density at radius 1 is 1.38 bits per heavy atom. The molecule has 0 unspecified atom stereocenters. The van der Waals surface area contributed by atoms with Crippen LogP contribution in [0.25, 0.3) is 0 Å². The normalized spacial score (nSPS) is 13.2. The van der Waals surface area contributed by atoms with Crippen LogP contribution in [0.3, 0.4) is 0 Å². The summed E-state index contributed by atoms with van der Waals surface area (Å²) in [6.45, 7) is 7.73. The molecule has 0 spiro atoms. The summed E-state index contributed by atoms with van der Waals surface area (Å²) in [4.78, 5) is 12.6. The number of hydrogen-bond donors (Lipinski definition) is 1. The van der Waals surface area contributed by atoms with Crippen molar-refractivity contribution in [2.45, 2.75) is 65.1 Å². The van der Waals surface area contributed by atoms with Gasteiger partial charge in [-0.25, -0.2) is 0 Å². The molecule has 1 atom stereocenters. The van der Waals surface area contributed by atoms with Gasteiger partial charge in [0.05, 0.1) is 17.4 Å². The van der Waals surface area contributed by atoms with Gasteiger partial charge in [0.2, 0.25) is 0 Å². The van der Waals surface area contributed by atoms with E-state index in [0.29, 0.717) is 23.4 Å². The molecule has 0 aliphatic heterocycles. The summed E-state index contributed by atoms with van der Waals surface area (Å²) >= 11 is 0. The Morgan fingerprint density at radius 2 is 2.08 bits per heavy atom. The topological polar surface area (TPSA) is 71.3 Å². The molecule has 0 fully saturated rings. The number of nitriles is 1. The molecule has 0 aromatic heterocycles. The Hall–Kier alpha value is -2.06. The predicted octanol–water partition coefficient (Wildman–Crippen LogP) is 4.27.